The van der Waals surface area contributed by atoms with Crippen LogP contribution in [0.25, 0.3) is 10.9 Å². The lowest BCUT2D eigenvalue weighted by atomic mass is 9.94. The van der Waals surface area contributed by atoms with E-state index in [0.29, 0.717) is 0 Å². The van der Waals surface area contributed by atoms with Crippen LogP contribution in [0.4, 0.5) is 0 Å². The van der Waals surface area contributed by atoms with E-state index >= 15 is 0 Å². The Morgan fingerprint density at radius 2 is 1.48 bits per heavy atom. The van der Waals surface area contributed by atoms with Gasteiger partial charge in [0.05, 0.1) is 6.04 Å². The second kappa shape index (κ2) is 8.54. The predicted octanol–water partition coefficient (Wildman–Crippen LogP) is 5.46. The molecule has 1 aliphatic rings. The molecular formula is C21H28N2. The Kier molecular flexibility index (Phi) is 6.42. The maximum absolute atomic E-state index is 3.62. The number of hydrogen-bond acceptors (Lipinski definition) is 1. The number of H-pyrrole nitrogens is 1. The van der Waals surface area contributed by atoms with Crippen molar-refractivity contribution < 1.29 is 0 Å². The molecular weight excluding hydrogens is 280 g/mol. The van der Waals surface area contributed by atoms with Crippen LogP contribution in [0, 0.1) is 0 Å². The molecule has 1 atom stereocenters. The molecule has 2 heterocycles. The fourth-order valence-electron chi connectivity index (χ4n) is 3.11. The Morgan fingerprint density at radius 3 is 2.22 bits per heavy atom. The number of nitrogens with one attached hydrogen (secondary N) is 2. The van der Waals surface area contributed by atoms with Crippen molar-refractivity contribution in [1.82, 2.24) is 10.3 Å². The lowest BCUT2D eigenvalue weighted by Crippen LogP contribution is -2.30. The van der Waals surface area contributed by atoms with Gasteiger partial charge in [-0.1, -0.05) is 76.2 Å². The number of hydrogen-bond donors (Lipinski definition) is 2. The summed E-state index contributed by atoms with van der Waals surface area (Å²) in [4.78, 5) is 3.60. The maximum atomic E-state index is 3.62. The topological polar surface area (TPSA) is 27.8 Å². The zero-order valence-corrected chi connectivity index (χ0v) is 14.7. The van der Waals surface area contributed by atoms with Crippen LogP contribution in [0.2, 0.25) is 0 Å². The summed E-state index contributed by atoms with van der Waals surface area (Å²) in [5.41, 5.74) is 5.38. The van der Waals surface area contributed by atoms with Crippen molar-refractivity contribution in [3.05, 3.63) is 71.4 Å². The van der Waals surface area contributed by atoms with E-state index in [-0.39, 0.29) is 6.04 Å². The van der Waals surface area contributed by atoms with Crippen LogP contribution in [0.3, 0.4) is 0 Å². The van der Waals surface area contributed by atoms with Gasteiger partial charge in [0.15, 0.2) is 0 Å². The first-order chi connectivity index (χ1) is 11.4. The van der Waals surface area contributed by atoms with Gasteiger partial charge in [-0.2, -0.15) is 0 Å². The van der Waals surface area contributed by atoms with E-state index in [0.717, 1.165) is 13.0 Å². The van der Waals surface area contributed by atoms with Gasteiger partial charge < -0.3 is 10.3 Å². The monoisotopic (exact) mass is 308 g/mol. The fraction of sp³-hybridized carbons (Fsp3) is 0.333. The zero-order chi connectivity index (χ0) is 16.7. The zero-order valence-electron chi connectivity index (χ0n) is 14.7. The van der Waals surface area contributed by atoms with Gasteiger partial charge in [0, 0.05) is 23.1 Å². The minimum atomic E-state index is 0.289. The summed E-state index contributed by atoms with van der Waals surface area (Å²) in [6.45, 7) is 9.04. The molecule has 122 valence electrons. The largest absolute Gasteiger partial charge is 0.357 e. The van der Waals surface area contributed by atoms with Gasteiger partial charge in [-0.25, -0.2) is 0 Å². The van der Waals surface area contributed by atoms with Gasteiger partial charge in [-0.15, -0.1) is 0 Å². The molecule has 23 heavy (non-hydrogen) atoms. The molecule has 2 nitrogen and oxygen atoms in total. The Bertz CT molecular complexity index is 713. The first-order valence-corrected chi connectivity index (χ1v) is 8.81. The van der Waals surface area contributed by atoms with Gasteiger partial charge in [0.1, 0.15) is 0 Å². The summed E-state index contributed by atoms with van der Waals surface area (Å²) < 4.78 is 0. The Labute approximate surface area is 139 Å². The summed E-state index contributed by atoms with van der Waals surface area (Å²) in [5, 5.41) is 5.00. The van der Waals surface area contributed by atoms with E-state index in [1.807, 2.05) is 27.7 Å². The maximum Gasteiger partial charge on any atom is 0.0732 e. The molecule has 2 aromatic carbocycles. The molecule has 0 saturated heterocycles. The van der Waals surface area contributed by atoms with E-state index in [2.05, 4.69) is 64.9 Å². The average molecular weight is 308 g/mol. The highest BCUT2D eigenvalue weighted by molar-refractivity contribution is 5.85. The Balaban J connectivity index is 0.000000448. The van der Waals surface area contributed by atoms with Crippen LogP contribution >= 0.6 is 0 Å². The van der Waals surface area contributed by atoms with Crippen molar-refractivity contribution in [3.63, 3.8) is 0 Å². The summed E-state index contributed by atoms with van der Waals surface area (Å²) in [5.74, 6) is 0. The lowest BCUT2D eigenvalue weighted by Gasteiger charge is -2.24. The first-order valence-electron chi connectivity index (χ1n) is 8.81. The van der Waals surface area contributed by atoms with Crippen molar-refractivity contribution >= 4 is 10.9 Å². The molecule has 3 aromatic rings. The van der Waals surface area contributed by atoms with Crippen molar-refractivity contribution in [2.24, 2.45) is 0 Å². The van der Waals surface area contributed by atoms with Crippen LogP contribution in [-0.2, 0) is 6.42 Å². The predicted molar refractivity (Wildman–Crippen MR) is 101 cm³/mol. The minimum absolute atomic E-state index is 0.289. The molecule has 2 N–H and O–H groups in total. The minimum Gasteiger partial charge on any atom is -0.357 e. The molecule has 0 bridgehead atoms. The molecule has 4 rings (SSSR count). The van der Waals surface area contributed by atoms with E-state index in [4.69, 9.17) is 0 Å². The number of benzene rings is 2. The first kappa shape index (κ1) is 17.3. The SMILES string of the molecule is CC.CC.c1ccc(C2NCCc3c2[nH]c2ccccc32)cc1. The molecule has 1 aliphatic heterocycles. The summed E-state index contributed by atoms with van der Waals surface area (Å²) >= 11 is 0. The third-order valence-electron chi connectivity index (χ3n) is 3.99. The molecule has 0 radical (unpaired) electrons. The Hall–Kier alpha value is -2.06. The average Bonchev–Trinajstić information content (AvgIpc) is 3.04. The van der Waals surface area contributed by atoms with Crippen molar-refractivity contribution in [1.29, 1.82) is 0 Å². The van der Waals surface area contributed by atoms with E-state index in [1.54, 1.807) is 0 Å². The van der Waals surface area contributed by atoms with Crippen LogP contribution < -0.4 is 5.32 Å². The summed E-state index contributed by atoms with van der Waals surface area (Å²) in [6, 6.07) is 19.5. The van der Waals surface area contributed by atoms with Crippen LogP contribution in [0.1, 0.15) is 50.6 Å². The highest BCUT2D eigenvalue weighted by atomic mass is 15.0. The third-order valence-corrected chi connectivity index (χ3v) is 3.99. The van der Waals surface area contributed by atoms with E-state index in [1.165, 1.54) is 27.7 Å². The quantitative estimate of drug-likeness (QED) is 0.614. The number of para-hydroxylation sites is 1. The van der Waals surface area contributed by atoms with Gasteiger partial charge in [-0.05, 0) is 23.6 Å². The highest BCUT2D eigenvalue weighted by Gasteiger charge is 2.24. The van der Waals surface area contributed by atoms with Crippen LogP contribution in [-0.4, -0.2) is 11.5 Å². The van der Waals surface area contributed by atoms with Crippen molar-refractivity contribution in [2.45, 2.75) is 40.2 Å². The lowest BCUT2D eigenvalue weighted by molar-refractivity contribution is 0.560. The smallest absolute Gasteiger partial charge is 0.0732 e. The third kappa shape index (κ3) is 3.48. The van der Waals surface area contributed by atoms with E-state index < -0.39 is 0 Å². The highest BCUT2D eigenvalue weighted by Crippen LogP contribution is 2.33. The molecule has 0 spiro atoms. The van der Waals surface area contributed by atoms with Crippen LogP contribution in [0.15, 0.2) is 54.6 Å². The number of fused-ring (bicyclic) bond motifs is 3. The standard InChI is InChI=1S/C17H16N2.2C2H6/c1-2-6-12(7-3-1)16-17-14(10-11-18-16)13-8-4-5-9-15(13)19-17;2*1-2/h1-9,16,18-19H,10-11H2;2*1-2H3. The molecule has 0 fully saturated rings. The van der Waals surface area contributed by atoms with Gasteiger partial charge in [0.2, 0.25) is 0 Å². The Morgan fingerprint density at radius 1 is 0.826 bits per heavy atom. The van der Waals surface area contributed by atoms with Crippen molar-refractivity contribution in [3.8, 4) is 0 Å². The number of aromatic amines is 1. The molecule has 0 saturated carbocycles. The normalized spacial score (nSPS) is 15.7. The number of aromatic nitrogens is 1. The van der Waals surface area contributed by atoms with Crippen LogP contribution in [0.5, 0.6) is 0 Å². The summed E-state index contributed by atoms with van der Waals surface area (Å²) in [6.07, 6.45) is 1.10. The molecule has 1 unspecified atom stereocenters. The fourth-order valence-corrected chi connectivity index (χ4v) is 3.11. The summed E-state index contributed by atoms with van der Waals surface area (Å²) in [7, 11) is 0. The molecule has 0 amide bonds. The molecule has 2 heteroatoms. The molecule has 0 aliphatic carbocycles. The van der Waals surface area contributed by atoms with Gasteiger partial charge in [-0.3, -0.25) is 0 Å². The number of rotatable bonds is 1. The van der Waals surface area contributed by atoms with Crippen molar-refractivity contribution in [2.75, 3.05) is 6.54 Å². The molecule has 1 aromatic heterocycles. The second-order valence-corrected chi connectivity index (χ2v) is 5.11. The van der Waals surface area contributed by atoms with Gasteiger partial charge in [0.25, 0.3) is 0 Å². The van der Waals surface area contributed by atoms with Gasteiger partial charge >= 0.3 is 0 Å². The van der Waals surface area contributed by atoms with E-state index in [9.17, 15) is 0 Å². The second-order valence-electron chi connectivity index (χ2n) is 5.11.